The lowest BCUT2D eigenvalue weighted by atomic mass is 10.2. The lowest BCUT2D eigenvalue weighted by Gasteiger charge is -2.09. The van der Waals surface area contributed by atoms with E-state index in [1.807, 2.05) is 0 Å². The van der Waals surface area contributed by atoms with Crippen molar-refractivity contribution in [3.8, 4) is 23.6 Å². The summed E-state index contributed by atoms with van der Waals surface area (Å²) in [6, 6.07) is 5.26. The Morgan fingerprint density at radius 3 is 2.43 bits per heavy atom. The molecule has 0 atom stereocenters. The van der Waals surface area contributed by atoms with Gasteiger partial charge in [-0.05, 0) is 6.07 Å². The van der Waals surface area contributed by atoms with Crippen LogP contribution in [0, 0.1) is 28.5 Å². The summed E-state index contributed by atoms with van der Waals surface area (Å²) in [5.41, 5.74) is -1.71. The molecular formula is C14H8ClFN4O3. The van der Waals surface area contributed by atoms with Crippen molar-refractivity contribution in [1.82, 2.24) is 9.13 Å². The summed E-state index contributed by atoms with van der Waals surface area (Å²) in [4.78, 5) is 23.3. The number of aromatic nitrogens is 2. The molecule has 7 nitrogen and oxygen atoms in total. The molecule has 23 heavy (non-hydrogen) atoms. The van der Waals surface area contributed by atoms with Crippen LogP contribution in [-0.2, 0) is 11.8 Å². The minimum atomic E-state index is -0.917. The molecule has 0 fully saturated rings. The van der Waals surface area contributed by atoms with Crippen molar-refractivity contribution >= 4 is 17.6 Å². The van der Waals surface area contributed by atoms with Gasteiger partial charge in [0.25, 0.3) is 0 Å². The van der Waals surface area contributed by atoms with Crippen LogP contribution < -0.4 is 10.4 Å². The second-order valence-corrected chi connectivity index (χ2v) is 4.83. The van der Waals surface area contributed by atoms with E-state index in [1.165, 1.54) is 7.05 Å². The van der Waals surface area contributed by atoms with Crippen molar-refractivity contribution in [2.24, 2.45) is 7.05 Å². The molecule has 0 bridgehead atoms. The van der Waals surface area contributed by atoms with Gasteiger partial charge in [0.1, 0.15) is 18.0 Å². The van der Waals surface area contributed by atoms with E-state index in [2.05, 4.69) is 0 Å². The zero-order valence-corrected chi connectivity index (χ0v) is 12.7. The number of rotatable bonds is 2. The van der Waals surface area contributed by atoms with Crippen LogP contribution in [0.5, 0.6) is 5.75 Å². The average Bonchev–Trinajstić information content (AvgIpc) is 2.73. The van der Waals surface area contributed by atoms with Gasteiger partial charge in [0.15, 0.2) is 17.1 Å². The van der Waals surface area contributed by atoms with Crippen LogP contribution in [0.4, 0.5) is 4.39 Å². The topological polar surface area (TPSA) is 101 Å². The smallest absolute Gasteiger partial charge is 0.334 e. The van der Waals surface area contributed by atoms with Crippen LogP contribution in [0.3, 0.4) is 0 Å². The molecule has 116 valence electrons. The molecule has 1 aromatic carbocycles. The molecule has 0 radical (unpaired) electrons. The summed E-state index contributed by atoms with van der Waals surface area (Å²) < 4.78 is 20.7. The molecule has 1 heterocycles. The van der Waals surface area contributed by atoms with E-state index in [0.717, 1.165) is 28.2 Å². The van der Waals surface area contributed by atoms with Gasteiger partial charge in [-0.2, -0.15) is 10.5 Å². The summed E-state index contributed by atoms with van der Waals surface area (Å²) in [6.07, 6.45) is 0. The van der Waals surface area contributed by atoms with Gasteiger partial charge in [0, 0.05) is 20.0 Å². The third kappa shape index (κ3) is 2.68. The highest BCUT2D eigenvalue weighted by molar-refractivity contribution is 6.32. The molecule has 0 spiro atoms. The molecule has 0 saturated carbocycles. The lowest BCUT2D eigenvalue weighted by molar-refractivity contribution is -0.131. The Kier molecular flexibility index (Phi) is 4.21. The number of carbonyl (C=O) groups excluding carboxylic acids is 1. The summed E-state index contributed by atoms with van der Waals surface area (Å²) in [6.45, 7) is 1.13. The van der Waals surface area contributed by atoms with Crippen LogP contribution in [0.1, 0.15) is 18.3 Å². The van der Waals surface area contributed by atoms with E-state index in [4.69, 9.17) is 21.6 Å². The number of nitrogens with zero attached hydrogens (tertiary/aromatic N) is 4. The molecule has 0 aliphatic carbocycles. The quantitative estimate of drug-likeness (QED) is 0.613. The Balaban J connectivity index is 2.84. The zero-order chi connectivity index (χ0) is 17.3. The minimum absolute atomic E-state index is 0.172. The third-order valence-electron chi connectivity index (χ3n) is 2.97. The highest BCUT2D eigenvalue weighted by atomic mass is 35.5. The Hall–Kier alpha value is -3.10. The molecule has 2 aromatic rings. The number of esters is 1. The fourth-order valence-electron chi connectivity index (χ4n) is 1.98. The van der Waals surface area contributed by atoms with Gasteiger partial charge in [-0.3, -0.25) is 9.36 Å². The first-order valence-corrected chi connectivity index (χ1v) is 6.49. The lowest BCUT2D eigenvalue weighted by Crippen LogP contribution is -2.22. The summed E-state index contributed by atoms with van der Waals surface area (Å²) >= 11 is 5.78. The molecule has 0 unspecified atom stereocenters. The van der Waals surface area contributed by atoms with Gasteiger partial charge in [-0.1, -0.05) is 11.6 Å². The van der Waals surface area contributed by atoms with E-state index in [9.17, 15) is 19.2 Å². The summed E-state index contributed by atoms with van der Waals surface area (Å²) in [5, 5.41) is 18.0. The largest absolute Gasteiger partial charge is 0.425 e. The standard InChI is InChI=1S/C14H8ClFN4O3/c1-7(21)23-13-4-10(9(16)3-8(13)15)20-12(6-18)11(5-17)19(2)14(20)22/h3-4H,1-2H3. The number of hydrogen-bond donors (Lipinski definition) is 0. The van der Waals surface area contributed by atoms with Crippen LogP contribution in [-0.4, -0.2) is 15.1 Å². The number of imidazole rings is 1. The van der Waals surface area contributed by atoms with E-state index in [-0.39, 0.29) is 27.8 Å². The number of halogens is 2. The molecular weight excluding hydrogens is 327 g/mol. The highest BCUT2D eigenvalue weighted by Crippen LogP contribution is 2.30. The number of ether oxygens (including phenoxy) is 1. The molecule has 0 aliphatic rings. The maximum atomic E-state index is 14.2. The Morgan fingerprint density at radius 2 is 1.91 bits per heavy atom. The first-order valence-electron chi connectivity index (χ1n) is 6.11. The molecule has 1 aromatic heterocycles. The van der Waals surface area contributed by atoms with E-state index < -0.39 is 17.5 Å². The molecule has 9 heteroatoms. The van der Waals surface area contributed by atoms with Crippen LogP contribution >= 0.6 is 11.6 Å². The van der Waals surface area contributed by atoms with Crippen LogP contribution in [0.15, 0.2) is 16.9 Å². The van der Waals surface area contributed by atoms with E-state index >= 15 is 0 Å². The number of nitriles is 2. The Bertz CT molecular complexity index is 962. The summed E-state index contributed by atoms with van der Waals surface area (Å²) in [5.74, 6) is -1.78. The minimum Gasteiger partial charge on any atom is -0.425 e. The second-order valence-electron chi connectivity index (χ2n) is 4.43. The molecule has 0 N–H and O–H groups in total. The van der Waals surface area contributed by atoms with Crippen molar-refractivity contribution in [2.45, 2.75) is 6.92 Å². The zero-order valence-electron chi connectivity index (χ0n) is 11.9. The van der Waals surface area contributed by atoms with Gasteiger partial charge in [-0.15, -0.1) is 0 Å². The first-order chi connectivity index (χ1) is 10.8. The van der Waals surface area contributed by atoms with Gasteiger partial charge in [0.2, 0.25) is 0 Å². The third-order valence-corrected chi connectivity index (χ3v) is 3.26. The maximum Gasteiger partial charge on any atom is 0.334 e. The van der Waals surface area contributed by atoms with Crippen LogP contribution in [0.25, 0.3) is 5.69 Å². The fraction of sp³-hybridized carbons (Fsp3) is 0.143. The van der Waals surface area contributed by atoms with Gasteiger partial charge < -0.3 is 4.74 Å². The van der Waals surface area contributed by atoms with E-state index in [1.54, 1.807) is 12.1 Å². The van der Waals surface area contributed by atoms with Gasteiger partial charge in [0.05, 0.1) is 10.7 Å². The van der Waals surface area contributed by atoms with Crippen molar-refractivity contribution in [3.05, 3.63) is 44.8 Å². The normalized spacial score (nSPS) is 10.0. The summed E-state index contributed by atoms with van der Waals surface area (Å²) in [7, 11) is 1.28. The number of hydrogen-bond acceptors (Lipinski definition) is 5. The van der Waals surface area contributed by atoms with Gasteiger partial charge >= 0.3 is 11.7 Å². The highest BCUT2D eigenvalue weighted by Gasteiger charge is 2.22. The predicted octanol–water partition coefficient (Wildman–Crippen LogP) is 1.64. The molecule has 2 rings (SSSR count). The maximum absolute atomic E-state index is 14.2. The van der Waals surface area contributed by atoms with Crippen molar-refractivity contribution in [2.75, 3.05) is 0 Å². The van der Waals surface area contributed by atoms with Crippen LogP contribution in [0.2, 0.25) is 5.02 Å². The average molecular weight is 335 g/mol. The Labute approximate surface area is 134 Å². The fourth-order valence-corrected chi connectivity index (χ4v) is 2.17. The second kappa shape index (κ2) is 5.95. The predicted molar refractivity (Wildman–Crippen MR) is 76.7 cm³/mol. The SMILES string of the molecule is CC(=O)Oc1cc(-n2c(C#N)c(C#N)n(C)c2=O)c(F)cc1Cl. The van der Waals surface area contributed by atoms with Gasteiger partial charge in [-0.25, -0.2) is 13.8 Å². The molecule has 0 aliphatic heterocycles. The molecule has 0 amide bonds. The van der Waals surface area contributed by atoms with E-state index in [0.29, 0.717) is 0 Å². The van der Waals surface area contributed by atoms with Crippen molar-refractivity contribution in [1.29, 1.82) is 10.5 Å². The molecule has 0 saturated heterocycles. The number of carbonyl (C=O) groups is 1. The first kappa shape index (κ1) is 16.3. The van der Waals surface area contributed by atoms with Crippen molar-refractivity contribution < 1.29 is 13.9 Å². The monoisotopic (exact) mass is 334 g/mol. The van der Waals surface area contributed by atoms with Crippen molar-refractivity contribution in [3.63, 3.8) is 0 Å². The Morgan fingerprint density at radius 1 is 1.30 bits per heavy atom. The number of benzene rings is 1.